The van der Waals surface area contributed by atoms with E-state index in [2.05, 4.69) is 5.32 Å². The van der Waals surface area contributed by atoms with Gasteiger partial charge in [-0.05, 0) is 35.7 Å². The van der Waals surface area contributed by atoms with Crippen molar-refractivity contribution in [1.29, 1.82) is 0 Å². The number of hydrogen-bond acceptors (Lipinski definition) is 3. The van der Waals surface area contributed by atoms with Crippen molar-refractivity contribution in [3.8, 4) is 0 Å². The first-order valence-corrected chi connectivity index (χ1v) is 7.19. The molecule has 0 spiro atoms. The minimum Gasteiger partial charge on any atom is -0.326 e. The number of nitro groups is 1. The van der Waals surface area contributed by atoms with E-state index in [0.717, 1.165) is 0 Å². The number of anilines is 1. The third-order valence-electron chi connectivity index (χ3n) is 3.52. The van der Waals surface area contributed by atoms with Gasteiger partial charge in [0.05, 0.1) is 10.8 Å². The smallest absolute Gasteiger partial charge is 0.269 e. The summed E-state index contributed by atoms with van der Waals surface area (Å²) >= 11 is 0. The molecule has 1 amide bonds. The fourth-order valence-corrected chi connectivity index (χ4v) is 2.40. The number of carbonyl (C=O) groups excluding carboxylic acids is 1. The summed E-state index contributed by atoms with van der Waals surface area (Å²) in [6, 6.07) is 11.5. The van der Waals surface area contributed by atoms with Crippen LogP contribution < -0.4 is 5.32 Å². The predicted octanol–water partition coefficient (Wildman–Crippen LogP) is 4.11. The van der Waals surface area contributed by atoms with Crippen molar-refractivity contribution < 1.29 is 14.1 Å². The van der Waals surface area contributed by atoms with Gasteiger partial charge in [0.1, 0.15) is 5.82 Å². The first kappa shape index (κ1) is 16.6. The lowest BCUT2D eigenvalue weighted by Gasteiger charge is -2.20. The number of amides is 1. The highest BCUT2D eigenvalue weighted by molar-refractivity contribution is 5.96. The third kappa shape index (κ3) is 4.12. The van der Waals surface area contributed by atoms with Gasteiger partial charge in [-0.3, -0.25) is 14.9 Å². The Morgan fingerprint density at radius 2 is 1.65 bits per heavy atom. The average molecular weight is 316 g/mol. The zero-order valence-corrected chi connectivity index (χ0v) is 12.8. The number of nitrogens with one attached hydrogen (secondary N) is 1. The van der Waals surface area contributed by atoms with E-state index in [0.29, 0.717) is 11.3 Å². The lowest BCUT2D eigenvalue weighted by molar-refractivity contribution is -0.384. The summed E-state index contributed by atoms with van der Waals surface area (Å²) < 4.78 is 12.9. The van der Waals surface area contributed by atoms with Crippen molar-refractivity contribution in [2.45, 2.75) is 19.8 Å². The fraction of sp³-hybridized carbons (Fsp3) is 0.235. The van der Waals surface area contributed by atoms with Crippen LogP contribution in [-0.2, 0) is 4.79 Å². The number of carbonyl (C=O) groups is 1. The van der Waals surface area contributed by atoms with Crippen LogP contribution in [0.2, 0.25) is 0 Å². The first-order chi connectivity index (χ1) is 10.9. The van der Waals surface area contributed by atoms with Crippen LogP contribution in [0.5, 0.6) is 0 Å². The molecule has 2 aromatic carbocycles. The van der Waals surface area contributed by atoms with E-state index in [1.807, 2.05) is 13.8 Å². The Hall–Kier alpha value is -2.76. The van der Waals surface area contributed by atoms with Crippen molar-refractivity contribution in [2.75, 3.05) is 5.32 Å². The molecule has 0 heterocycles. The molecule has 1 atom stereocenters. The third-order valence-corrected chi connectivity index (χ3v) is 3.52. The minimum absolute atomic E-state index is 0.00287. The molecule has 120 valence electrons. The molecule has 0 bridgehead atoms. The topological polar surface area (TPSA) is 72.2 Å². The van der Waals surface area contributed by atoms with Crippen LogP contribution >= 0.6 is 0 Å². The number of nitrogens with zero attached hydrogens (tertiary/aromatic N) is 1. The van der Waals surface area contributed by atoms with Crippen LogP contribution in [0.3, 0.4) is 0 Å². The molecular formula is C17H17FN2O3. The maximum absolute atomic E-state index is 12.9. The molecule has 6 heteroatoms. The van der Waals surface area contributed by atoms with Crippen LogP contribution in [0.25, 0.3) is 0 Å². The van der Waals surface area contributed by atoms with E-state index in [-0.39, 0.29) is 23.3 Å². The molecule has 0 radical (unpaired) electrons. The summed E-state index contributed by atoms with van der Waals surface area (Å²) in [5, 5.41) is 13.5. The highest BCUT2D eigenvalue weighted by Crippen LogP contribution is 2.27. The summed E-state index contributed by atoms with van der Waals surface area (Å²) in [6.07, 6.45) is 0. The number of rotatable bonds is 5. The molecule has 2 aromatic rings. The van der Waals surface area contributed by atoms with E-state index in [1.54, 1.807) is 12.1 Å². The number of non-ortho nitro benzene ring substituents is 1. The summed E-state index contributed by atoms with van der Waals surface area (Å²) in [5.41, 5.74) is 1.18. The molecule has 5 nitrogen and oxygen atoms in total. The SMILES string of the molecule is CC(C)C(C(=O)Nc1ccc(F)cc1)c1ccc([N+](=O)[O-])cc1. The van der Waals surface area contributed by atoms with Crippen LogP contribution in [0.4, 0.5) is 15.8 Å². The van der Waals surface area contributed by atoms with Crippen molar-refractivity contribution in [2.24, 2.45) is 5.92 Å². The normalized spacial score (nSPS) is 12.0. The van der Waals surface area contributed by atoms with Crippen LogP contribution in [0, 0.1) is 21.8 Å². The Labute approximate surface area is 133 Å². The Morgan fingerprint density at radius 3 is 2.13 bits per heavy atom. The van der Waals surface area contributed by atoms with Gasteiger partial charge >= 0.3 is 0 Å². The maximum Gasteiger partial charge on any atom is 0.269 e. The quantitative estimate of drug-likeness (QED) is 0.666. The number of halogens is 1. The summed E-state index contributed by atoms with van der Waals surface area (Å²) in [6.45, 7) is 3.80. The largest absolute Gasteiger partial charge is 0.326 e. The van der Waals surface area contributed by atoms with Gasteiger partial charge in [0, 0.05) is 17.8 Å². The summed E-state index contributed by atoms with van der Waals surface area (Å²) in [4.78, 5) is 22.8. The Balaban J connectivity index is 2.21. The average Bonchev–Trinajstić information content (AvgIpc) is 2.50. The van der Waals surface area contributed by atoms with Gasteiger partial charge in [-0.2, -0.15) is 0 Å². The second-order valence-electron chi connectivity index (χ2n) is 5.57. The highest BCUT2D eigenvalue weighted by atomic mass is 19.1. The Bertz CT molecular complexity index is 697. The lowest BCUT2D eigenvalue weighted by Crippen LogP contribution is -2.25. The van der Waals surface area contributed by atoms with Gasteiger partial charge in [0.15, 0.2) is 0 Å². The predicted molar refractivity (Wildman–Crippen MR) is 85.7 cm³/mol. The van der Waals surface area contributed by atoms with Crippen molar-refractivity contribution in [1.82, 2.24) is 0 Å². The van der Waals surface area contributed by atoms with Gasteiger partial charge in [-0.25, -0.2) is 4.39 Å². The fourth-order valence-electron chi connectivity index (χ4n) is 2.40. The van der Waals surface area contributed by atoms with Crippen molar-refractivity contribution >= 4 is 17.3 Å². The van der Waals surface area contributed by atoms with E-state index < -0.39 is 10.8 Å². The lowest BCUT2D eigenvalue weighted by atomic mass is 9.87. The van der Waals surface area contributed by atoms with Gasteiger partial charge in [-0.1, -0.05) is 26.0 Å². The van der Waals surface area contributed by atoms with Gasteiger partial charge in [0.2, 0.25) is 5.91 Å². The highest BCUT2D eigenvalue weighted by Gasteiger charge is 2.24. The standard InChI is InChI=1S/C17H17FN2O3/c1-11(2)16(12-3-9-15(10-4-12)20(22)23)17(21)19-14-7-5-13(18)6-8-14/h3-11,16H,1-2H3,(H,19,21). The minimum atomic E-state index is -0.479. The zero-order valence-electron chi connectivity index (χ0n) is 12.8. The molecule has 0 saturated carbocycles. The Morgan fingerprint density at radius 1 is 1.09 bits per heavy atom. The first-order valence-electron chi connectivity index (χ1n) is 7.19. The van der Waals surface area contributed by atoms with Gasteiger partial charge in [0.25, 0.3) is 5.69 Å². The molecule has 1 N–H and O–H groups in total. The molecule has 2 rings (SSSR count). The monoisotopic (exact) mass is 316 g/mol. The summed E-state index contributed by atoms with van der Waals surface area (Å²) in [5.74, 6) is -1.07. The molecule has 23 heavy (non-hydrogen) atoms. The van der Waals surface area contributed by atoms with Crippen LogP contribution in [-0.4, -0.2) is 10.8 Å². The molecule has 0 aromatic heterocycles. The van der Waals surface area contributed by atoms with E-state index >= 15 is 0 Å². The number of benzene rings is 2. The number of hydrogen-bond donors (Lipinski definition) is 1. The molecule has 0 aliphatic rings. The van der Waals surface area contributed by atoms with Gasteiger partial charge in [-0.15, -0.1) is 0 Å². The summed E-state index contributed by atoms with van der Waals surface area (Å²) in [7, 11) is 0. The number of nitro benzene ring substituents is 1. The molecule has 0 saturated heterocycles. The molecule has 0 fully saturated rings. The van der Waals surface area contributed by atoms with E-state index in [1.165, 1.54) is 36.4 Å². The Kier molecular flexibility index (Phi) is 5.05. The second kappa shape index (κ2) is 7.00. The van der Waals surface area contributed by atoms with Crippen molar-refractivity contribution in [3.63, 3.8) is 0 Å². The second-order valence-corrected chi connectivity index (χ2v) is 5.57. The molecule has 0 aliphatic carbocycles. The van der Waals surface area contributed by atoms with Gasteiger partial charge < -0.3 is 5.32 Å². The zero-order chi connectivity index (χ0) is 17.0. The van der Waals surface area contributed by atoms with Crippen molar-refractivity contribution in [3.05, 3.63) is 70.0 Å². The van der Waals surface area contributed by atoms with E-state index in [4.69, 9.17) is 0 Å². The molecule has 1 unspecified atom stereocenters. The maximum atomic E-state index is 12.9. The molecule has 0 aliphatic heterocycles. The molecular weight excluding hydrogens is 299 g/mol. The van der Waals surface area contributed by atoms with Crippen LogP contribution in [0.15, 0.2) is 48.5 Å². The van der Waals surface area contributed by atoms with Crippen LogP contribution in [0.1, 0.15) is 25.3 Å². The van der Waals surface area contributed by atoms with E-state index in [9.17, 15) is 19.3 Å².